The van der Waals surface area contributed by atoms with Gasteiger partial charge in [-0.2, -0.15) is 9.40 Å². The summed E-state index contributed by atoms with van der Waals surface area (Å²) in [4.78, 5) is 27.7. The second-order valence-electron chi connectivity index (χ2n) is 13.4. The van der Waals surface area contributed by atoms with Crippen LogP contribution in [0.2, 0.25) is 0 Å². The number of anilines is 1. The molecule has 2 saturated heterocycles. The van der Waals surface area contributed by atoms with Gasteiger partial charge in [-0.15, -0.1) is 0 Å². The van der Waals surface area contributed by atoms with Crippen molar-refractivity contribution in [2.75, 3.05) is 31.5 Å². The highest BCUT2D eigenvalue weighted by molar-refractivity contribution is 7.89. The third-order valence-electron chi connectivity index (χ3n) is 8.65. The fourth-order valence-electron chi connectivity index (χ4n) is 6.15. The third kappa shape index (κ3) is 6.44. The van der Waals surface area contributed by atoms with E-state index in [1.807, 2.05) is 74.5 Å². The number of carbonyl (C=O) groups is 2. The molecule has 4 aromatic rings. The molecule has 6 rings (SSSR count). The first kappa shape index (κ1) is 31.1. The largest absolute Gasteiger partial charge is 0.444 e. The van der Waals surface area contributed by atoms with E-state index in [9.17, 15) is 18.0 Å². The number of benzene rings is 2. The number of rotatable bonds is 7. The molecule has 0 saturated carbocycles. The summed E-state index contributed by atoms with van der Waals surface area (Å²) < 4.78 is 37.2. The maximum atomic E-state index is 13.4. The van der Waals surface area contributed by atoms with Crippen molar-refractivity contribution in [3.63, 3.8) is 0 Å². The van der Waals surface area contributed by atoms with Gasteiger partial charge in [-0.25, -0.2) is 13.2 Å². The van der Waals surface area contributed by atoms with Gasteiger partial charge in [0.15, 0.2) is 0 Å². The highest BCUT2D eigenvalue weighted by atomic mass is 32.2. The second kappa shape index (κ2) is 11.8. The van der Waals surface area contributed by atoms with E-state index < -0.39 is 21.7 Å². The molecular weight excluding hydrogens is 592 g/mol. The van der Waals surface area contributed by atoms with Crippen LogP contribution in [0.1, 0.15) is 58.6 Å². The predicted molar refractivity (Wildman–Crippen MR) is 174 cm³/mol. The van der Waals surface area contributed by atoms with E-state index in [0.29, 0.717) is 44.3 Å². The fourth-order valence-corrected chi connectivity index (χ4v) is 7.70. The fraction of sp³-hybridized carbons (Fsp3) is 0.485. The van der Waals surface area contributed by atoms with Crippen LogP contribution < -0.4 is 5.32 Å². The molecule has 1 unspecified atom stereocenters. The van der Waals surface area contributed by atoms with Gasteiger partial charge in [0, 0.05) is 73.0 Å². The Morgan fingerprint density at radius 2 is 1.78 bits per heavy atom. The van der Waals surface area contributed by atoms with E-state index >= 15 is 0 Å². The van der Waals surface area contributed by atoms with Crippen LogP contribution in [0, 0.1) is 12.8 Å². The summed E-state index contributed by atoms with van der Waals surface area (Å²) in [5.74, 6) is 0.112. The number of carbonyl (C=O) groups excluding carboxylic acids is 2. The number of piperidine rings is 1. The SMILES string of the molecule is Cc1cc2cn(CC3CN(C(=O)OC(C)(C)C)C3)nc2cc1NC(=O)C(C)n1ccc2cc(S(=O)(=O)N3CCCCC3)ccc21. The molecule has 0 aliphatic carbocycles. The van der Waals surface area contributed by atoms with Crippen molar-refractivity contribution in [1.82, 2.24) is 23.6 Å². The van der Waals surface area contributed by atoms with Crippen molar-refractivity contribution in [2.24, 2.45) is 5.92 Å². The van der Waals surface area contributed by atoms with Crippen LogP contribution in [0.5, 0.6) is 0 Å². The number of nitrogens with zero attached hydrogens (tertiary/aromatic N) is 5. The summed E-state index contributed by atoms with van der Waals surface area (Å²) in [6.45, 7) is 12.4. The Labute approximate surface area is 264 Å². The summed E-state index contributed by atoms with van der Waals surface area (Å²) in [7, 11) is -3.54. The smallest absolute Gasteiger partial charge is 0.410 e. The van der Waals surface area contributed by atoms with Gasteiger partial charge in [-0.1, -0.05) is 6.42 Å². The van der Waals surface area contributed by atoms with E-state index in [4.69, 9.17) is 9.84 Å². The highest BCUT2D eigenvalue weighted by Crippen LogP contribution is 2.29. The van der Waals surface area contributed by atoms with E-state index in [2.05, 4.69) is 5.32 Å². The Kier molecular flexibility index (Phi) is 8.15. The molecule has 11 nitrogen and oxygen atoms in total. The number of fused-ring (bicyclic) bond motifs is 2. The van der Waals surface area contributed by atoms with Gasteiger partial charge in [-0.3, -0.25) is 9.48 Å². The van der Waals surface area contributed by atoms with Crippen LogP contribution in [-0.4, -0.2) is 75.8 Å². The number of hydrogen-bond donors (Lipinski definition) is 1. The lowest BCUT2D eigenvalue weighted by molar-refractivity contribution is -0.118. The Morgan fingerprint density at radius 1 is 1.04 bits per heavy atom. The quantitative estimate of drug-likeness (QED) is 0.285. The second-order valence-corrected chi connectivity index (χ2v) is 15.3. The summed E-state index contributed by atoms with van der Waals surface area (Å²) in [5.41, 5.74) is 2.67. The van der Waals surface area contributed by atoms with Gasteiger partial charge in [0.05, 0.1) is 10.4 Å². The minimum absolute atomic E-state index is 0.184. The summed E-state index contributed by atoms with van der Waals surface area (Å²) in [6, 6.07) is 10.4. The average Bonchev–Trinajstić information content (AvgIpc) is 3.56. The first-order valence-corrected chi connectivity index (χ1v) is 17.1. The third-order valence-corrected chi connectivity index (χ3v) is 10.5. The molecule has 2 aromatic carbocycles. The first-order valence-electron chi connectivity index (χ1n) is 15.7. The molecule has 0 spiro atoms. The van der Waals surface area contributed by atoms with Crippen LogP contribution in [0.3, 0.4) is 0 Å². The standard InChI is InChI=1S/C33H42N6O5S/c1-22-15-26-21-37(20-24-18-36(19-24)32(41)44-33(3,4)5)35-29(26)17-28(22)34-31(40)23(2)39-14-11-25-16-27(9-10-30(25)39)45(42,43)38-12-7-6-8-13-38/h9-11,14-17,21,23-24H,6-8,12-13,18-20H2,1-5H3,(H,34,40). The predicted octanol–water partition coefficient (Wildman–Crippen LogP) is 5.54. The topological polar surface area (TPSA) is 119 Å². The number of sulfonamides is 1. The number of likely N-dealkylation sites (tertiary alicyclic amines) is 1. The van der Waals surface area contributed by atoms with Gasteiger partial charge in [0.25, 0.3) is 0 Å². The first-order chi connectivity index (χ1) is 21.3. The number of hydrogen-bond acceptors (Lipinski definition) is 6. The minimum Gasteiger partial charge on any atom is -0.444 e. The van der Waals surface area contributed by atoms with Crippen LogP contribution in [-0.2, 0) is 26.1 Å². The molecule has 4 heterocycles. The number of amides is 2. The van der Waals surface area contributed by atoms with Crippen molar-refractivity contribution in [2.45, 2.75) is 77.0 Å². The van der Waals surface area contributed by atoms with E-state index in [-0.39, 0.29) is 16.9 Å². The molecule has 2 fully saturated rings. The normalized spacial score (nSPS) is 17.4. The molecule has 2 aliphatic heterocycles. The molecule has 0 bridgehead atoms. The van der Waals surface area contributed by atoms with Gasteiger partial charge in [0.1, 0.15) is 11.6 Å². The molecule has 240 valence electrons. The van der Waals surface area contributed by atoms with Crippen LogP contribution >= 0.6 is 0 Å². The van der Waals surface area contributed by atoms with E-state index in [1.54, 1.807) is 27.4 Å². The molecule has 2 aromatic heterocycles. The maximum Gasteiger partial charge on any atom is 0.410 e. The summed E-state index contributed by atoms with van der Waals surface area (Å²) in [5, 5.41) is 9.57. The minimum atomic E-state index is -3.54. The molecule has 1 atom stereocenters. The van der Waals surface area contributed by atoms with Gasteiger partial charge < -0.3 is 19.5 Å². The Morgan fingerprint density at radius 3 is 2.49 bits per heavy atom. The van der Waals surface area contributed by atoms with Crippen LogP contribution in [0.15, 0.2) is 53.7 Å². The molecule has 12 heteroatoms. The molecule has 0 radical (unpaired) electrons. The van der Waals surface area contributed by atoms with Crippen LogP contribution in [0.4, 0.5) is 10.5 Å². The zero-order valence-electron chi connectivity index (χ0n) is 26.6. The number of aromatic nitrogens is 3. The van der Waals surface area contributed by atoms with Crippen LogP contribution in [0.25, 0.3) is 21.8 Å². The summed E-state index contributed by atoms with van der Waals surface area (Å²) >= 11 is 0. The van der Waals surface area contributed by atoms with Gasteiger partial charge in [0.2, 0.25) is 15.9 Å². The zero-order chi connectivity index (χ0) is 32.1. The monoisotopic (exact) mass is 634 g/mol. The molecule has 45 heavy (non-hydrogen) atoms. The molecule has 2 amide bonds. The molecule has 2 aliphatic rings. The Hall–Kier alpha value is -3.90. The molecule has 1 N–H and O–H groups in total. The van der Waals surface area contributed by atoms with Crippen molar-refractivity contribution in [3.8, 4) is 0 Å². The lowest BCUT2D eigenvalue weighted by atomic mass is 10.0. The zero-order valence-corrected chi connectivity index (χ0v) is 27.4. The van der Waals surface area contributed by atoms with Crippen molar-refractivity contribution < 1.29 is 22.7 Å². The Balaban J connectivity index is 1.12. The Bertz CT molecular complexity index is 1860. The molecular formula is C33H42N6O5S. The number of ether oxygens (including phenoxy) is 1. The van der Waals surface area contributed by atoms with Crippen molar-refractivity contribution in [1.29, 1.82) is 0 Å². The number of nitrogens with one attached hydrogen (secondary N) is 1. The van der Waals surface area contributed by atoms with Crippen molar-refractivity contribution in [3.05, 3.63) is 54.4 Å². The lowest BCUT2D eigenvalue weighted by Gasteiger charge is -2.39. The van der Waals surface area contributed by atoms with Gasteiger partial charge in [-0.05, 0) is 89.4 Å². The average molecular weight is 635 g/mol. The number of aryl methyl sites for hydroxylation is 1. The van der Waals surface area contributed by atoms with Crippen molar-refractivity contribution >= 4 is 49.5 Å². The maximum absolute atomic E-state index is 13.4. The lowest BCUT2D eigenvalue weighted by Crippen LogP contribution is -2.52. The van der Waals surface area contributed by atoms with Gasteiger partial charge >= 0.3 is 6.09 Å². The highest BCUT2D eigenvalue weighted by Gasteiger charge is 2.34. The van der Waals surface area contributed by atoms with E-state index in [1.165, 1.54) is 0 Å². The van der Waals surface area contributed by atoms with E-state index in [0.717, 1.165) is 46.6 Å². The summed E-state index contributed by atoms with van der Waals surface area (Å²) in [6.07, 6.45) is 6.37.